The first-order valence-corrected chi connectivity index (χ1v) is 8.29. The van der Waals surface area contributed by atoms with Crippen molar-refractivity contribution in [1.82, 2.24) is 4.90 Å². The highest BCUT2D eigenvalue weighted by atomic mass is 16.6. The second kappa shape index (κ2) is 8.24. The lowest BCUT2D eigenvalue weighted by molar-refractivity contribution is -0.385. The molecule has 0 aliphatic heterocycles. The first kappa shape index (κ1) is 22.2. The average molecular weight is 382 g/mol. The highest BCUT2D eigenvalue weighted by molar-refractivity contribution is 5.88. The average Bonchev–Trinajstić information content (AvgIpc) is 2.48. The molecule has 0 aliphatic rings. The summed E-state index contributed by atoms with van der Waals surface area (Å²) in [7, 11) is 1.27. The van der Waals surface area contributed by atoms with Crippen LogP contribution < -0.4 is 4.74 Å². The van der Waals surface area contributed by atoms with Gasteiger partial charge in [-0.3, -0.25) is 10.1 Å². The first-order valence-electron chi connectivity index (χ1n) is 8.29. The lowest BCUT2D eigenvalue weighted by Gasteiger charge is -2.28. The number of methoxy groups -OCH3 is 1. The minimum absolute atomic E-state index is 0.0420. The van der Waals surface area contributed by atoms with E-state index >= 15 is 0 Å². The van der Waals surface area contributed by atoms with Gasteiger partial charge in [0.15, 0.2) is 0 Å². The van der Waals surface area contributed by atoms with Crippen molar-refractivity contribution in [2.45, 2.75) is 59.3 Å². The fraction of sp³-hybridized carbons (Fsp3) is 0.556. The number of benzene rings is 1. The van der Waals surface area contributed by atoms with Crippen LogP contribution in [0.4, 0.5) is 15.3 Å². The molecule has 9 heteroatoms. The number of rotatable bonds is 4. The Morgan fingerprint density at radius 3 is 1.89 bits per heavy atom. The van der Waals surface area contributed by atoms with Gasteiger partial charge in [-0.05, 0) is 41.5 Å². The van der Waals surface area contributed by atoms with Crippen LogP contribution in [0, 0.1) is 10.1 Å². The molecule has 0 radical (unpaired) electrons. The molecule has 1 aromatic rings. The Hall–Kier alpha value is -2.84. The molecule has 0 atom stereocenters. The molecule has 2 amide bonds. The number of ether oxygens (including phenoxy) is 3. The Kier molecular flexibility index (Phi) is 6.77. The number of nitrogens with zero attached hydrogens (tertiary/aromatic N) is 2. The predicted octanol–water partition coefficient (Wildman–Crippen LogP) is 4.28. The maximum Gasteiger partial charge on any atom is 0.420 e. The van der Waals surface area contributed by atoms with Crippen LogP contribution in [0.15, 0.2) is 18.2 Å². The van der Waals surface area contributed by atoms with Crippen molar-refractivity contribution < 1.29 is 28.7 Å². The molecule has 1 aromatic carbocycles. The number of carbonyl (C=O) groups is 2. The maximum absolute atomic E-state index is 12.5. The number of carbonyl (C=O) groups excluding carboxylic acids is 2. The standard InChI is InChI=1S/C18H26N2O7/c1-17(2,3)26-15(21)19(16(22)27-18(4,5)6)11-12-9-8-10-13(20(23)24)14(12)25-7/h8-10H,11H2,1-7H3. The van der Waals surface area contributed by atoms with Crippen LogP contribution in [-0.2, 0) is 16.0 Å². The van der Waals surface area contributed by atoms with Crippen molar-refractivity contribution in [3.05, 3.63) is 33.9 Å². The van der Waals surface area contributed by atoms with Crippen LogP contribution in [0.2, 0.25) is 0 Å². The monoisotopic (exact) mass is 382 g/mol. The zero-order chi connectivity index (χ0) is 21.0. The molecule has 0 saturated carbocycles. The van der Waals surface area contributed by atoms with Gasteiger partial charge in [0.25, 0.3) is 0 Å². The minimum atomic E-state index is -0.926. The second-order valence-corrected chi connectivity index (χ2v) is 7.77. The van der Waals surface area contributed by atoms with E-state index in [0.717, 1.165) is 4.90 Å². The lowest BCUT2D eigenvalue weighted by Crippen LogP contribution is -2.43. The normalized spacial score (nSPS) is 11.5. The molecule has 150 valence electrons. The van der Waals surface area contributed by atoms with Crippen LogP contribution in [-0.4, -0.2) is 40.3 Å². The van der Waals surface area contributed by atoms with Gasteiger partial charge in [0, 0.05) is 11.6 Å². The number of imide groups is 1. The van der Waals surface area contributed by atoms with E-state index in [-0.39, 0.29) is 23.5 Å². The fourth-order valence-corrected chi connectivity index (χ4v) is 2.08. The molecule has 27 heavy (non-hydrogen) atoms. The zero-order valence-electron chi connectivity index (χ0n) is 16.7. The topological polar surface area (TPSA) is 108 Å². The van der Waals surface area contributed by atoms with E-state index in [4.69, 9.17) is 14.2 Å². The number of nitro benzene ring substituents is 1. The van der Waals surface area contributed by atoms with E-state index in [1.807, 2.05) is 0 Å². The van der Waals surface area contributed by atoms with Gasteiger partial charge in [-0.2, -0.15) is 0 Å². The van der Waals surface area contributed by atoms with E-state index in [2.05, 4.69) is 0 Å². The van der Waals surface area contributed by atoms with E-state index in [0.29, 0.717) is 0 Å². The molecule has 9 nitrogen and oxygen atoms in total. The number of para-hydroxylation sites is 1. The van der Waals surface area contributed by atoms with E-state index in [1.165, 1.54) is 25.3 Å². The van der Waals surface area contributed by atoms with Gasteiger partial charge in [0.2, 0.25) is 5.75 Å². The van der Waals surface area contributed by atoms with Gasteiger partial charge >= 0.3 is 17.9 Å². The van der Waals surface area contributed by atoms with Crippen molar-refractivity contribution in [2.24, 2.45) is 0 Å². The molecule has 0 N–H and O–H groups in total. The largest absolute Gasteiger partial charge is 0.490 e. The summed E-state index contributed by atoms with van der Waals surface area (Å²) in [5.41, 5.74) is -1.69. The summed E-state index contributed by atoms with van der Waals surface area (Å²) in [4.78, 5) is 36.4. The third-order valence-corrected chi connectivity index (χ3v) is 3.03. The Bertz CT molecular complexity index is 689. The third-order valence-electron chi connectivity index (χ3n) is 3.03. The molecule has 0 bridgehead atoms. The molecule has 0 heterocycles. The van der Waals surface area contributed by atoms with Crippen molar-refractivity contribution in [1.29, 1.82) is 0 Å². The van der Waals surface area contributed by atoms with Gasteiger partial charge in [-0.1, -0.05) is 12.1 Å². The molecule has 0 unspecified atom stereocenters. The third kappa shape index (κ3) is 6.76. The summed E-state index contributed by atoms with van der Waals surface area (Å²) in [6.07, 6.45) is -1.85. The number of nitro groups is 1. The van der Waals surface area contributed by atoms with Crippen molar-refractivity contribution >= 4 is 17.9 Å². The fourth-order valence-electron chi connectivity index (χ4n) is 2.08. The molecule has 0 aromatic heterocycles. The second-order valence-electron chi connectivity index (χ2n) is 7.77. The molecule has 0 saturated heterocycles. The molecule has 0 spiro atoms. The number of hydrogen-bond donors (Lipinski definition) is 0. The SMILES string of the molecule is COc1c(CN(C(=O)OC(C)(C)C)C(=O)OC(C)(C)C)cccc1[N+](=O)[O-]. The number of hydrogen-bond acceptors (Lipinski definition) is 7. The van der Waals surface area contributed by atoms with Crippen LogP contribution in [0.1, 0.15) is 47.1 Å². The Morgan fingerprint density at radius 2 is 1.52 bits per heavy atom. The summed E-state index contributed by atoms with van der Waals surface area (Å²) in [5, 5.41) is 11.2. The molecule has 0 fully saturated rings. The summed E-state index contributed by atoms with van der Waals surface area (Å²) in [5.74, 6) is -0.0420. The van der Waals surface area contributed by atoms with Crippen LogP contribution in [0.5, 0.6) is 5.75 Å². The smallest absolute Gasteiger partial charge is 0.420 e. The van der Waals surface area contributed by atoms with Gasteiger partial charge in [-0.15, -0.1) is 0 Å². The van der Waals surface area contributed by atoms with E-state index in [9.17, 15) is 19.7 Å². The molecule has 0 aliphatic carbocycles. The summed E-state index contributed by atoms with van der Waals surface area (Å²) < 4.78 is 15.7. The highest BCUT2D eigenvalue weighted by Crippen LogP contribution is 2.32. The highest BCUT2D eigenvalue weighted by Gasteiger charge is 2.33. The predicted molar refractivity (Wildman–Crippen MR) is 97.7 cm³/mol. The van der Waals surface area contributed by atoms with Crippen molar-refractivity contribution in [3.8, 4) is 5.75 Å². The van der Waals surface area contributed by atoms with E-state index < -0.39 is 28.3 Å². The summed E-state index contributed by atoms with van der Waals surface area (Å²) in [6, 6.07) is 4.24. The quantitative estimate of drug-likeness (QED) is 0.565. The Morgan fingerprint density at radius 1 is 1.04 bits per heavy atom. The molecular weight excluding hydrogens is 356 g/mol. The minimum Gasteiger partial charge on any atom is -0.490 e. The van der Waals surface area contributed by atoms with Gasteiger partial charge in [0.05, 0.1) is 18.6 Å². The Labute approximate surface area is 158 Å². The van der Waals surface area contributed by atoms with Crippen molar-refractivity contribution in [3.63, 3.8) is 0 Å². The lowest BCUT2D eigenvalue weighted by atomic mass is 10.1. The van der Waals surface area contributed by atoms with E-state index in [1.54, 1.807) is 41.5 Å². The van der Waals surface area contributed by atoms with Crippen LogP contribution >= 0.6 is 0 Å². The van der Waals surface area contributed by atoms with Gasteiger partial charge < -0.3 is 14.2 Å². The van der Waals surface area contributed by atoms with Crippen LogP contribution in [0.3, 0.4) is 0 Å². The van der Waals surface area contributed by atoms with Crippen molar-refractivity contribution in [2.75, 3.05) is 7.11 Å². The van der Waals surface area contributed by atoms with Gasteiger partial charge in [0.1, 0.15) is 11.2 Å². The Balaban J connectivity index is 3.29. The molecule has 1 rings (SSSR count). The summed E-state index contributed by atoms with van der Waals surface area (Å²) >= 11 is 0. The zero-order valence-corrected chi connectivity index (χ0v) is 16.7. The van der Waals surface area contributed by atoms with Gasteiger partial charge in [-0.25, -0.2) is 14.5 Å². The maximum atomic E-state index is 12.5. The number of amides is 2. The first-order chi connectivity index (χ1) is 12.2. The summed E-state index contributed by atoms with van der Waals surface area (Å²) in [6.45, 7) is 9.64. The molecular formula is C18H26N2O7. The van der Waals surface area contributed by atoms with Crippen LogP contribution in [0.25, 0.3) is 0 Å².